The standard InChI is InChI=1S/C10H17NOS/c1-2-3-6-10(11,8-12)9-5-4-7-13-9/h4-5,7,12H,2-3,6,8,11H2,1H3/t10-/m1/s1. The van der Waals surface area contributed by atoms with E-state index < -0.39 is 5.54 Å². The summed E-state index contributed by atoms with van der Waals surface area (Å²) in [6.45, 7) is 2.17. The van der Waals surface area contributed by atoms with Crippen LogP contribution in [0.4, 0.5) is 0 Å². The molecule has 1 aromatic rings. The van der Waals surface area contributed by atoms with E-state index in [-0.39, 0.29) is 6.61 Å². The molecule has 0 saturated carbocycles. The molecule has 1 rings (SSSR count). The van der Waals surface area contributed by atoms with Gasteiger partial charge in [-0.15, -0.1) is 11.3 Å². The number of unbranched alkanes of at least 4 members (excludes halogenated alkanes) is 1. The third-order valence-electron chi connectivity index (χ3n) is 2.27. The summed E-state index contributed by atoms with van der Waals surface area (Å²) in [5.41, 5.74) is 5.60. The van der Waals surface area contributed by atoms with E-state index in [0.717, 1.165) is 24.1 Å². The molecule has 74 valence electrons. The van der Waals surface area contributed by atoms with E-state index in [9.17, 15) is 5.11 Å². The Labute approximate surface area is 83.4 Å². The second-order valence-electron chi connectivity index (χ2n) is 3.40. The zero-order valence-corrected chi connectivity index (χ0v) is 8.81. The highest BCUT2D eigenvalue weighted by molar-refractivity contribution is 7.10. The summed E-state index contributed by atoms with van der Waals surface area (Å²) in [6.07, 6.45) is 3.04. The monoisotopic (exact) mass is 199 g/mol. The molecule has 3 N–H and O–H groups in total. The normalized spacial score (nSPS) is 15.6. The molecule has 2 nitrogen and oxygen atoms in total. The van der Waals surface area contributed by atoms with Crippen LogP contribution < -0.4 is 5.73 Å². The summed E-state index contributed by atoms with van der Waals surface area (Å²) in [6, 6.07) is 3.97. The molecule has 0 aliphatic heterocycles. The first-order chi connectivity index (χ1) is 6.23. The highest BCUT2D eigenvalue weighted by Crippen LogP contribution is 2.27. The number of aliphatic hydroxyl groups is 1. The molecule has 13 heavy (non-hydrogen) atoms. The van der Waals surface area contributed by atoms with Crippen molar-refractivity contribution in [2.24, 2.45) is 5.73 Å². The van der Waals surface area contributed by atoms with Gasteiger partial charge in [-0.1, -0.05) is 25.8 Å². The number of nitrogens with two attached hydrogens (primary N) is 1. The van der Waals surface area contributed by atoms with Gasteiger partial charge in [0.25, 0.3) is 0 Å². The van der Waals surface area contributed by atoms with Crippen LogP contribution in [0.1, 0.15) is 31.1 Å². The van der Waals surface area contributed by atoms with Gasteiger partial charge in [-0.25, -0.2) is 0 Å². The maximum atomic E-state index is 9.27. The number of aliphatic hydroxyl groups excluding tert-OH is 1. The molecule has 0 aliphatic rings. The summed E-state index contributed by atoms with van der Waals surface area (Å²) in [7, 11) is 0. The number of thiophene rings is 1. The highest BCUT2D eigenvalue weighted by Gasteiger charge is 2.26. The Morgan fingerprint density at radius 2 is 2.38 bits per heavy atom. The fraction of sp³-hybridized carbons (Fsp3) is 0.600. The Morgan fingerprint density at radius 3 is 2.85 bits per heavy atom. The van der Waals surface area contributed by atoms with Crippen molar-refractivity contribution in [3.05, 3.63) is 22.4 Å². The molecule has 1 atom stereocenters. The van der Waals surface area contributed by atoms with E-state index in [1.54, 1.807) is 11.3 Å². The van der Waals surface area contributed by atoms with E-state index in [1.165, 1.54) is 0 Å². The van der Waals surface area contributed by atoms with Gasteiger partial charge in [0.2, 0.25) is 0 Å². The first kappa shape index (κ1) is 10.7. The second kappa shape index (κ2) is 4.74. The Kier molecular flexibility index (Phi) is 3.90. The van der Waals surface area contributed by atoms with Crippen LogP contribution in [-0.4, -0.2) is 11.7 Å². The molecule has 0 unspecified atom stereocenters. The maximum absolute atomic E-state index is 9.27. The lowest BCUT2D eigenvalue weighted by Crippen LogP contribution is -2.39. The summed E-state index contributed by atoms with van der Waals surface area (Å²) < 4.78 is 0. The minimum atomic E-state index is -0.510. The number of hydrogen-bond donors (Lipinski definition) is 2. The van der Waals surface area contributed by atoms with Gasteiger partial charge in [0.1, 0.15) is 0 Å². The summed E-state index contributed by atoms with van der Waals surface area (Å²) in [5.74, 6) is 0. The van der Waals surface area contributed by atoms with Crippen LogP contribution in [0.2, 0.25) is 0 Å². The van der Waals surface area contributed by atoms with Crippen LogP contribution in [0.15, 0.2) is 17.5 Å². The molecule has 1 aromatic heterocycles. The Balaban J connectivity index is 2.69. The van der Waals surface area contributed by atoms with Gasteiger partial charge in [0.15, 0.2) is 0 Å². The van der Waals surface area contributed by atoms with Gasteiger partial charge in [-0.3, -0.25) is 0 Å². The maximum Gasteiger partial charge on any atom is 0.0737 e. The van der Waals surface area contributed by atoms with E-state index in [1.807, 2.05) is 17.5 Å². The third-order valence-corrected chi connectivity index (χ3v) is 3.36. The minimum Gasteiger partial charge on any atom is -0.394 e. The predicted octanol–water partition coefficient (Wildman–Crippen LogP) is 2.08. The molecule has 0 bridgehead atoms. The van der Waals surface area contributed by atoms with E-state index in [4.69, 9.17) is 5.73 Å². The summed E-state index contributed by atoms with van der Waals surface area (Å²) >= 11 is 1.62. The van der Waals surface area contributed by atoms with Crippen LogP contribution >= 0.6 is 11.3 Å². The molecule has 0 saturated heterocycles. The van der Waals surface area contributed by atoms with E-state index in [2.05, 4.69) is 6.92 Å². The average molecular weight is 199 g/mol. The van der Waals surface area contributed by atoms with Crippen molar-refractivity contribution in [3.63, 3.8) is 0 Å². The second-order valence-corrected chi connectivity index (χ2v) is 4.34. The molecular weight excluding hydrogens is 182 g/mol. The lowest BCUT2D eigenvalue weighted by molar-refractivity contribution is 0.187. The van der Waals surface area contributed by atoms with Gasteiger partial charge in [0, 0.05) is 4.88 Å². The van der Waals surface area contributed by atoms with Gasteiger partial charge in [-0.2, -0.15) is 0 Å². The molecule has 0 spiro atoms. The van der Waals surface area contributed by atoms with Crippen LogP contribution in [0.25, 0.3) is 0 Å². The Bertz CT molecular complexity index is 235. The number of rotatable bonds is 5. The first-order valence-corrected chi connectivity index (χ1v) is 5.54. The largest absolute Gasteiger partial charge is 0.394 e. The quantitative estimate of drug-likeness (QED) is 0.762. The van der Waals surface area contributed by atoms with Crippen LogP contribution in [0, 0.1) is 0 Å². The molecular formula is C10H17NOS. The van der Waals surface area contributed by atoms with Gasteiger partial charge in [-0.05, 0) is 17.9 Å². The van der Waals surface area contributed by atoms with Gasteiger partial charge >= 0.3 is 0 Å². The van der Waals surface area contributed by atoms with E-state index >= 15 is 0 Å². The highest BCUT2D eigenvalue weighted by atomic mass is 32.1. The fourth-order valence-corrected chi connectivity index (χ4v) is 2.20. The van der Waals surface area contributed by atoms with Crippen LogP contribution in [-0.2, 0) is 5.54 Å². The summed E-state index contributed by atoms with van der Waals surface area (Å²) in [5, 5.41) is 11.3. The fourth-order valence-electron chi connectivity index (χ4n) is 1.33. The SMILES string of the molecule is CCCC[C@@](N)(CO)c1cccs1. The van der Waals surface area contributed by atoms with Crippen LogP contribution in [0.3, 0.4) is 0 Å². The van der Waals surface area contributed by atoms with Crippen molar-refractivity contribution < 1.29 is 5.11 Å². The molecule has 0 aliphatic carbocycles. The van der Waals surface area contributed by atoms with Gasteiger partial charge < -0.3 is 10.8 Å². The van der Waals surface area contributed by atoms with Gasteiger partial charge in [0.05, 0.1) is 12.1 Å². The minimum absolute atomic E-state index is 0.0352. The molecule has 0 aromatic carbocycles. The van der Waals surface area contributed by atoms with Crippen molar-refractivity contribution in [3.8, 4) is 0 Å². The van der Waals surface area contributed by atoms with Crippen molar-refractivity contribution in [1.82, 2.24) is 0 Å². The Hall–Kier alpha value is -0.380. The van der Waals surface area contributed by atoms with Crippen molar-refractivity contribution in [1.29, 1.82) is 0 Å². The molecule has 0 radical (unpaired) electrons. The predicted molar refractivity (Wildman–Crippen MR) is 56.8 cm³/mol. The third kappa shape index (κ3) is 2.53. The smallest absolute Gasteiger partial charge is 0.0737 e. The zero-order valence-electron chi connectivity index (χ0n) is 7.99. The molecule has 3 heteroatoms. The molecule has 0 amide bonds. The average Bonchev–Trinajstić information content (AvgIpc) is 2.67. The summed E-state index contributed by atoms with van der Waals surface area (Å²) in [4.78, 5) is 1.09. The van der Waals surface area contributed by atoms with Crippen molar-refractivity contribution >= 4 is 11.3 Å². The lowest BCUT2D eigenvalue weighted by Gasteiger charge is -2.25. The Morgan fingerprint density at radius 1 is 1.62 bits per heavy atom. The van der Waals surface area contributed by atoms with Crippen molar-refractivity contribution in [2.45, 2.75) is 31.7 Å². The van der Waals surface area contributed by atoms with Crippen LogP contribution in [0.5, 0.6) is 0 Å². The first-order valence-electron chi connectivity index (χ1n) is 4.66. The number of hydrogen-bond acceptors (Lipinski definition) is 3. The van der Waals surface area contributed by atoms with Crippen molar-refractivity contribution in [2.75, 3.05) is 6.61 Å². The molecule has 1 heterocycles. The topological polar surface area (TPSA) is 46.2 Å². The lowest BCUT2D eigenvalue weighted by atomic mass is 9.93. The zero-order chi connectivity index (χ0) is 9.73. The van der Waals surface area contributed by atoms with E-state index in [0.29, 0.717) is 0 Å². The molecule has 0 fully saturated rings.